The molecule has 1 aromatic heterocycles. The third-order valence-electron chi connectivity index (χ3n) is 3.14. The first kappa shape index (κ1) is 15.1. The number of nitrogens with zero attached hydrogens (tertiary/aromatic N) is 1. The molecule has 0 amide bonds. The molecule has 4 heteroatoms. The van der Waals surface area contributed by atoms with Crippen molar-refractivity contribution in [3.05, 3.63) is 57.6 Å². The molecule has 2 aromatic rings. The predicted octanol–water partition coefficient (Wildman–Crippen LogP) is 5.32. The maximum absolute atomic E-state index is 6.14. The minimum Gasteiger partial charge on any atom is -0.343 e. The van der Waals surface area contributed by atoms with E-state index in [9.17, 15) is 0 Å². The van der Waals surface area contributed by atoms with Gasteiger partial charge in [-0.1, -0.05) is 42.3 Å². The fraction of sp³-hybridized carbons (Fsp3) is 0.312. The van der Waals surface area contributed by atoms with Gasteiger partial charge < -0.3 is 4.98 Å². The molecule has 1 heterocycles. The standard InChI is InChI=1S/C16H18Cl2N2/c1-2-16-19-11-12(20-16)7-4-3-5-8-13-14(17)9-6-10-15(13)18/h4,6-7,9-11H,2-3,5,8H2,1H3,(H,19,20). The Hall–Kier alpha value is -1.25. The Bertz CT molecular complexity index is 568. The first-order valence-electron chi connectivity index (χ1n) is 6.84. The molecule has 0 unspecified atom stereocenters. The number of allylic oxidation sites excluding steroid dienone is 1. The Morgan fingerprint density at radius 1 is 1.25 bits per heavy atom. The van der Waals surface area contributed by atoms with Crippen LogP contribution in [0.25, 0.3) is 6.08 Å². The normalized spacial score (nSPS) is 11.3. The summed E-state index contributed by atoms with van der Waals surface area (Å²) in [6, 6.07) is 5.64. The third-order valence-corrected chi connectivity index (χ3v) is 3.85. The number of aryl methyl sites for hydroxylation is 1. The number of halogens is 2. The summed E-state index contributed by atoms with van der Waals surface area (Å²) in [5.41, 5.74) is 2.09. The van der Waals surface area contributed by atoms with Crippen molar-refractivity contribution in [2.75, 3.05) is 0 Å². The summed E-state index contributed by atoms with van der Waals surface area (Å²) in [6.45, 7) is 2.08. The SMILES string of the molecule is CCc1ncc(C=CCCCc2c(Cl)cccc2Cl)[nH]1. The smallest absolute Gasteiger partial charge is 0.106 e. The summed E-state index contributed by atoms with van der Waals surface area (Å²) in [5, 5.41) is 1.50. The fourth-order valence-electron chi connectivity index (χ4n) is 2.02. The van der Waals surface area contributed by atoms with Crippen LogP contribution in [0.2, 0.25) is 10.0 Å². The van der Waals surface area contributed by atoms with Crippen LogP contribution in [-0.4, -0.2) is 9.97 Å². The zero-order chi connectivity index (χ0) is 14.4. The van der Waals surface area contributed by atoms with Crippen molar-refractivity contribution >= 4 is 29.3 Å². The van der Waals surface area contributed by atoms with Crippen molar-refractivity contribution in [3.8, 4) is 0 Å². The van der Waals surface area contributed by atoms with Gasteiger partial charge in [0, 0.05) is 16.5 Å². The van der Waals surface area contributed by atoms with Gasteiger partial charge in [-0.05, 0) is 43.0 Å². The highest BCUT2D eigenvalue weighted by Crippen LogP contribution is 2.25. The lowest BCUT2D eigenvalue weighted by Gasteiger charge is -2.05. The number of hydrogen-bond donors (Lipinski definition) is 1. The average Bonchev–Trinajstić information content (AvgIpc) is 2.89. The lowest BCUT2D eigenvalue weighted by atomic mass is 10.1. The molecule has 0 fully saturated rings. The minimum absolute atomic E-state index is 0.752. The quantitative estimate of drug-likeness (QED) is 0.719. The predicted molar refractivity (Wildman–Crippen MR) is 86.4 cm³/mol. The summed E-state index contributed by atoms with van der Waals surface area (Å²) in [7, 11) is 0. The molecule has 0 atom stereocenters. The Kier molecular flexibility index (Phi) is 5.69. The van der Waals surface area contributed by atoms with Gasteiger partial charge in [-0.25, -0.2) is 4.98 Å². The molecule has 0 radical (unpaired) electrons. The van der Waals surface area contributed by atoms with E-state index in [4.69, 9.17) is 23.2 Å². The molecule has 0 aliphatic heterocycles. The van der Waals surface area contributed by atoms with Gasteiger partial charge in [-0.15, -0.1) is 0 Å². The second-order valence-corrected chi connectivity index (χ2v) is 5.45. The van der Waals surface area contributed by atoms with Crippen molar-refractivity contribution in [3.63, 3.8) is 0 Å². The molecule has 0 bridgehead atoms. The number of hydrogen-bond acceptors (Lipinski definition) is 1. The van der Waals surface area contributed by atoms with Gasteiger partial charge in [0.15, 0.2) is 0 Å². The molecule has 0 aliphatic rings. The van der Waals surface area contributed by atoms with Crippen LogP contribution in [0.1, 0.15) is 36.8 Å². The van der Waals surface area contributed by atoms with Crippen LogP contribution in [0.5, 0.6) is 0 Å². The van der Waals surface area contributed by atoms with Crippen LogP contribution < -0.4 is 0 Å². The fourth-order valence-corrected chi connectivity index (χ4v) is 2.61. The van der Waals surface area contributed by atoms with Crippen LogP contribution in [0.15, 0.2) is 30.5 Å². The van der Waals surface area contributed by atoms with Crippen LogP contribution in [0, 0.1) is 0 Å². The largest absolute Gasteiger partial charge is 0.343 e. The van der Waals surface area contributed by atoms with Crippen molar-refractivity contribution < 1.29 is 0 Å². The Morgan fingerprint density at radius 2 is 2.00 bits per heavy atom. The number of rotatable bonds is 6. The molecule has 0 aliphatic carbocycles. The second-order valence-electron chi connectivity index (χ2n) is 4.63. The number of H-pyrrole nitrogens is 1. The van der Waals surface area contributed by atoms with E-state index in [0.29, 0.717) is 0 Å². The second kappa shape index (κ2) is 7.51. The van der Waals surface area contributed by atoms with Gasteiger partial charge >= 0.3 is 0 Å². The molecule has 2 rings (SSSR count). The van der Waals surface area contributed by atoms with Crippen molar-refractivity contribution in [1.29, 1.82) is 0 Å². The number of nitrogens with one attached hydrogen (secondary N) is 1. The summed E-state index contributed by atoms with van der Waals surface area (Å²) in [4.78, 5) is 7.51. The van der Waals surface area contributed by atoms with Gasteiger partial charge in [0.05, 0.1) is 11.9 Å². The lowest BCUT2D eigenvalue weighted by Crippen LogP contribution is -1.88. The van der Waals surface area contributed by atoms with Crippen molar-refractivity contribution in [2.45, 2.75) is 32.6 Å². The van der Waals surface area contributed by atoms with E-state index >= 15 is 0 Å². The molecule has 0 saturated heterocycles. The van der Waals surface area contributed by atoms with E-state index in [1.807, 2.05) is 24.4 Å². The Morgan fingerprint density at radius 3 is 2.65 bits per heavy atom. The van der Waals surface area contributed by atoms with Crippen LogP contribution >= 0.6 is 23.2 Å². The summed E-state index contributed by atoms with van der Waals surface area (Å²) in [5.74, 6) is 1.02. The molecule has 0 spiro atoms. The number of aromatic nitrogens is 2. The van der Waals surface area contributed by atoms with E-state index in [1.54, 1.807) is 0 Å². The number of aromatic amines is 1. The lowest BCUT2D eigenvalue weighted by molar-refractivity contribution is 0.845. The Balaban J connectivity index is 1.81. The van der Waals surface area contributed by atoms with Gasteiger partial charge in [0.2, 0.25) is 0 Å². The monoisotopic (exact) mass is 308 g/mol. The summed E-state index contributed by atoms with van der Waals surface area (Å²) in [6.07, 6.45) is 9.92. The van der Waals surface area contributed by atoms with E-state index in [-0.39, 0.29) is 0 Å². The molecule has 0 saturated carbocycles. The van der Waals surface area contributed by atoms with Gasteiger partial charge in [0.25, 0.3) is 0 Å². The number of benzene rings is 1. The highest BCUT2D eigenvalue weighted by Gasteiger charge is 2.04. The van der Waals surface area contributed by atoms with Crippen LogP contribution in [0.4, 0.5) is 0 Å². The molecule has 1 aromatic carbocycles. The summed E-state index contributed by atoms with van der Waals surface area (Å²) < 4.78 is 0. The minimum atomic E-state index is 0.752. The van der Waals surface area contributed by atoms with E-state index in [0.717, 1.165) is 52.8 Å². The van der Waals surface area contributed by atoms with Gasteiger partial charge in [-0.2, -0.15) is 0 Å². The molecule has 1 N–H and O–H groups in total. The zero-order valence-corrected chi connectivity index (χ0v) is 13.0. The van der Waals surface area contributed by atoms with Crippen molar-refractivity contribution in [1.82, 2.24) is 9.97 Å². The molecule has 20 heavy (non-hydrogen) atoms. The van der Waals surface area contributed by atoms with E-state index in [2.05, 4.69) is 29.0 Å². The van der Waals surface area contributed by atoms with Crippen LogP contribution in [-0.2, 0) is 12.8 Å². The third kappa shape index (κ3) is 4.12. The summed E-state index contributed by atoms with van der Waals surface area (Å²) >= 11 is 12.3. The molecular formula is C16H18Cl2N2. The highest BCUT2D eigenvalue weighted by molar-refractivity contribution is 6.35. The topological polar surface area (TPSA) is 28.7 Å². The number of unbranched alkanes of at least 4 members (excludes halogenated alkanes) is 1. The maximum atomic E-state index is 6.14. The first-order valence-corrected chi connectivity index (χ1v) is 7.59. The molecule has 2 nitrogen and oxygen atoms in total. The first-order chi connectivity index (χ1) is 9.70. The average molecular weight is 309 g/mol. The zero-order valence-electron chi connectivity index (χ0n) is 11.5. The van der Waals surface area contributed by atoms with E-state index in [1.165, 1.54) is 0 Å². The van der Waals surface area contributed by atoms with Crippen molar-refractivity contribution in [2.24, 2.45) is 0 Å². The van der Waals surface area contributed by atoms with Gasteiger partial charge in [-0.3, -0.25) is 0 Å². The van der Waals surface area contributed by atoms with Gasteiger partial charge in [0.1, 0.15) is 5.82 Å². The highest BCUT2D eigenvalue weighted by atomic mass is 35.5. The maximum Gasteiger partial charge on any atom is 0.106 e. The van der Waals surface area contributed by atoms with Crippen LogP contribution in [0.3, 0.4) is 0 Å². The Labute approximate surface area is 129 Å². The van der Waals surface area contributed by atoms with E-state index < -0.39 is 0 Å². The molecular weight excluding hydrogens is 291 g/mol. The number of imidazole rings is 1. The molecule has 106 valence electrons.